The lowest BCUT2D eigenvalue weighted by Crippen LogP contribution is -2.22. The third kappa shape index (κ3) is 3.29. The van der Waals surface area contributed by atoms with E-state index in [1.807, 2.05) is 19.1 Å². The van der Waals surface area contributed by atoms with Crippen molar-refractivity contribution in [2.24, 2.45) is 11.7 Å². The molecule has 0 radical (unpaired) electrons. The van der Waals surface area contributed by atoms with Crippen LogP contribution in [-0.2, 0) is 0 Å². The second-order valence-electron chi connectivity index (χ2n) is 4.36. The van der Waals surface area contributed by atoms with Crippen molar-refractivity contribution in [1.82, 2.24) is 0 Å². The number of rotatable bonds is 7. The summed E-state index contributed by atoms with van der Waals surface area (Å²) in [6, 6.07) is 3.93. The van der Waals surface area contributed by atoms with Gasteiger partial charge in [0.15, 0.2) is 0 Å². The minimum absolute atomic E-state index is 0.483. The van der Waals surface area contributed by atoms with Crippen LogP contribution in [-0.4, -0.2) is 27.3 Å². The van der Waals surface area contributed by atoms with Crippen molar-refractivity contribution in [3.8, 4) is 11.5 Å². The molecule has 102 valence electrons. The first-order valence-electron chi connectivity index (χ1n) is 6.33. The lowest BCUT2D eigenvalue weighted by molar-refractivity contribution is 0.389. The van der Waals surface area contributed by atoms with Crippen molar-refractivity contribution in [3.63, 3.8) is 0 Å². The normalized spacial score (nSPS) is 12.1. The van der Waals surface area contributed by atoms with Crippen molar-refractivity contribution < 1.29 is 9.47 Å². The molecule has 0 fully saturated rings. The standard InChI is InChI=1S/C14H24N2O2/c1-5-11(8-15)9-16-12-6-7-13(17-3)10(2)14(12)18-4/h6-7,11,16H,5,8-9,15H2,1-4H3. The molecule has 1 rings (SSSR count). The number of methoxy groups -OCH3 is 2. The zero-order valence-electron chi connectivity index (χ0n) is 11.7. The molecule has 0 aliphatic heterocycles. The van der Waals surface area contributed by atoms with E-state index in [0.29, 0.717) is 12.5 Å². The summed E-state index contributed by atoms with van der Waals surface area (Å²) in [7, 11) is 3.34. The predicted molar refractivity (Wildman–Crippen MR) is 75.6 cm³/mol. The largest absolute Gasteiger partial charge is 0.496 e. The highest BCUT2D eigenvalue weighted by Gasteiger charge is 2.12. The predicted octanol–water partition coefficient (Wildman–Crippen LogP) is 2.41. The van der Waals surface area contributed by atoms with Gasteiger partial charge in [-0.25, -0.2) is 0 Å². The van der Waals surface area contributed by atoms with E-state index < -0.39 is 0 Å². The lowest BCUT2D eigenvalue weighted by Gasteiger charge is -2.18. The molecular weight excluding hydrogens is 228 g/mol. The van der Waals surface area contributed by atoms with Crippen LogP contribution in [0.5, 0.6) is 11.5 Å². The molecule has 0 heterocycles. The summed E-state index contributed by atoms with van der Waals surface area (Å²) in [4.78, 5) is 0. The average Bonchev–Trinajstić information content (AvgIpc) is 2.40. The van der Waals surface area contributed by atoms with Gasteiger partial charge in [-0.2, -0.15) is 0 Å². The highest BCUT2D eigenvalue weighted by molar-refractivity contribution is 5.63. The quantitative estimate of drug-likeness (QED) is 0.782. The molecule has 4 nitrogen and oxygen atoms in total. The van der Waals surface area contributed by atoms with Crippen molar-refractivity contribution in [2.75, 3.05) is 32.6 Å². The molecule has 0 saturated heterocycles. The van der Waals surface area contributed by atoms with E-state index in [4.69, 9.17) is 15.2 Å². The fourth-order valence-electron chi connectivity index (χ4n) is 1.95. The van der Waals surface area contributed by atoms with Crippen LogP contribution < -0.4 is 20.5 Å². The average molecular weight is 252 g/mol. The number of hydrogen-bond acceptors (Lipinski definition) is 4. The molecule has 1 aromatic rings. The molecule has 3 N–H and O–H groups in total. The molecule has 18 heavy (non-hydrogen) atoms. The van der Waals surface area contributed by atoms with Crippen molar-refractivity contribution >= 4 is 5.69 Å². The number of ether oxygens (including phenoxy) is 2. The Kier molecular flexibility index (Phi) is 5.78. The summed E-state index contributed by atoms with van der Waals surface area (Å²) < 4.78 is 10.7. The Balaban J connectivity index is 2.86. The maximum atomic E-state index is 5.70. The van der Waals surface area contributed by atoms with E-state index in [0.717, 1.165) is 35.7 Å². The highest BCUT2D eigenvalue weighted by Crippen LogP contribution is 2.34. The van der Waals surface area contributed by atoms with E-state index in [1.165, 1.54) is 0 Å². The van der Waals surface area contributed by atoms with Crippen LogP contribution in [0.3, 0.4) is 0 Å². The summed E-state index contributed by atoms with van der Waals surface area (Å²) >= 11 is 0. The van der Waals surface area contributed by atoms with Crippen LogP contribution in [0.25, 0.3) is 0 Å². The van der Waals surface area contributed by atoms with Crippen LogP contribution >= 0.6 is 0 Å². The first-order chi connectivity index (χ1) is 8.67. The van der Waals surface area contributed by atoms with Gasteiger partial charge >= 0.3 is 0 Å². The van der Waals surface area contributed by atoms with E-state index in [2.05, 4.69) is 12.2 Å². The van der Waals surface area contributed by atoms with Gasteiger partial charge in [0.05, 0.1) is 19.9 Å². The molecule has 0 aliphatic carbocycles. The van der Waals surface area contributed by atoms with E-state index in [-0.39, 0.29) is 0 Å². The molecule has 0 amide bonds. The second-order valence-corrected chi connectivity index (χ2v) is 4.36. The summed E-state index contributed by atoms with van der Waals surface area (Å²) in [6.45, 7) is 5.69. The zero-order chi connectivity index (χ0) is 13.5. The minimum atomic E-state index is 0.483. The molecule has 0 bridgehead atoms. The Bertz CT molecular complexity index is 376. The number of nitrogens with two attached hydrogens (primary N) is 1. The topological polar surface area (TPSA) is 56.5 Å². The molecule has 1 atom stereocenters. The number of hydrogen-bond donors (Lipinski definition) is 2. The van der Waals surface area contributed by atoms with Crippen molar-refractivity contribution in [2.45, 2.75) is 20.3 Å². The van der Waals surface area contributed by atoms with Gasteiger partial charge in [0.1, 0.15) is 11.5 Å². The van der Waals surface area contributed by atoms with Crippen molar-refractivity contribution in [3.05, 3.63) is 17.7 Å². The first-order valence-corrected chi connectivity index (χ1v) is 6.33. The van der Waals surface area contributed by atoms with E-state index in [9.17, 15) is 0 Å². The van der Waals surface area contributed by atoms with Crippen molar-refractivity contribution in [1.29, 1.82) is 0 Å². The molecule has 4 heteroatoms. The molecule has 0 spiro atoms. The van der Waals surface area contributed by atoms with Gasteiger partial charge in [0.25, 0.3) is 0 Å². The Morgan fingerprint density at radius 1 is 1.28 bits per heavy atom. The van der Waals surface area contributed by atoms with Gasteiger partial charge in [-0.3, -0.25) is 0 Å². The molecule has 0 aliphatic rings. The van der Waals surface area contributed by atoms with Gasteiger partial charge < -0.3 is 20.5 Å². The number of nitrogens with one attached hydrogen (secondary N) is 1. The van der Waals surface area contributed by atoms with Gasteiger partial charge in [0.2, 0.25) is 0 Å². The zero-order valence-corrected chi connectivity index (χ0v) is 11.7. The fourth-order valence-corrected chi connectivity index (χ4v) is 1.95. The van der Waals surface area contributed by atoms with E-state index in [1.54, 1.807) is 14.2 Å². The van der Waals surface area contributed by atoms with Crippen LogP contribution in [0.1, 0.15) is 18.9 Å². The van der Waals surface area contributed by atoms with Gasteiger partial charge in [-0.05, 0) is 31.5 Å². The smallest absolute Gasteiger partial charge is 0.148 e. The lowest BCUT2D eigenvalue weighted by atomic mass is 10.1. The van der Waals surface area contributed by atoms with Gasteiger partial charge in [-0.15, -0.1) is 0 Å². The highest BCUT2D eigenvalue weighted by atomic mass is 16.5. The fraction of sp³-hybridized carbons (Fsp3) is 0.571. The minimum Gasteiger partial charge on any atom is -0.496 e. The summed E-state index contributed by atoms with van der Waals surface area (Å²) in [5.41, 5.74) is 7.70. The Morgan fingerprint density at radius 2 is 2.00 bits per heavy atom. The summed E-state index contributed by atoms with van der Waals surface area (Å²) in [5, 5.41) is 3.40. The summed E-state index contributed by atoms with van der Waals surface area (Å²) in [5.74, 6) is 2.15. The van der Waals surface area contributed by atoms with Crippen LogP contribution in [0, 0.1) is 12.8 Å². The molecule has 1 unspecified atom stereocenters. The van der Waals surface area contributed by atoms with Crippen LogP contribution in [0.15, 0.2) is 12.1 Å². The third-order valence-corrected chi connectivity index (χ3v) is 3.27. The Morgan fingerprint density at radius 3 is 2.50 bits per heavy atom. The van der Waals surface area contributed by atoms with Gasteiger partial charge in [-0.1, -0.05) is 13.3 Å². The molecule has 0 saturated carbocycles. The van der Waals surface area contributed by atoms with Gasteiger partial charge in [0, 0.05) is 12.1 Å². The molecule has 1 aromatic carbocycles. The monoisotopic (exact) mass is 252 g/mol. The van der Waals surface area contributed by atoms with E-state index >= 15 is 0 Å². The first kappa shape index (κ1) is 14.6. The Labute approximate surface area is 109 Å². The summed E-state index contributed by atoms with van der Waals surface area (Å²) in [6.07, 6.45) is 1.07. The van der Waals surface area contributed by atoms with Crippen LogP contribution in [0.2, 0.25) is 0 Å². The molecular formula is C14H24N2O2. The maximum absolute atomic E-state index is 5.70. The third-order valence-electron chi connectivity index (χ3n) is 3.27. The number of benzene rings is 1. The Hall–Kier alpha value is -1.42. The van der Waals surface area contributed by atoms with Crippen LogP contribution in [0.4, 0.5) is 5.69 Å². The second kappa shape index (κ2) is 7.11. The molecule has 0 aromatic heterocycles. The SMILES string of the molecule is CCC(CN)CNc1ccc(OC)c(C)c1OC. The number of anilines is 1. The maximum Gasteiger partial charge on any atom is 0.148 e.